The van der Waals surface area contributed by atoms with Gasteiger partial charge in [0.25, 0.3) is 0 Å². The smallest absolute Gasteiger partial charge is 0.0259 e. The Hall–Kier alpha value is -0.0800. The maximum atomic E-state index is 5.45. The van der Waals surface area contributed by atoms with Crippen molar-refractivity contribution in [2.45, 2.75) is 46.6 Å². The summed E-state index contributed by atoms with van der Waals surface area (Å²) in [5.41, 5.74) is 2.89. The Morgan fingerprint density at radius 3 is 2.09 bits per heavy atom. The van der Waals surface area contributed by atoms with Crippen LogP contribution >= 0.6 is 0 Å². The Morgan fingerprint density at radius 1 is 1.27 bits per heavy atom. The minimum Gasteiger partial charge on any atom is -0.271 e. The van der Waals surface area contributed by atoms with E-state index in [2.05, 4.69) is 33.1 Å². The summed E-state index contributed by atoms with van der Waals surface area (Å²) in [6.07, 6.45) is 2.50. The van der Waals surface area contributed by atoms with Crippen LogP contribution in [0, 0.1) is 11.8 Å². The van der Waals surface area contributed by atoms with Gasteiger partial charge in [0.15, 0.2) is 0 Å². The second-order valence-corrected chi connectivity index (χ2v) is 3.70. The van der Waals surface area contributed by atoms with Gasteiger partial charge in [-0.3, -0.25) is 11.3 Å². The number of hydrogen-bond donors (Lipinski definition) is 2. The van der Waals surface area contributed by atoms with E-state index in [0.717, 1.165) is 0 Å². The van der Waals surface area contributed by atoms with E-state index in [1.54, 1.807) is 0 Å². The summed E-state index contributed by atoms with van der Waals surface area (Å²) in [6, 6.07) is 0.468. The molecular formula is C9H22N2. The molecule has 0 rings (SSSR count). The second kappa shape index (κ2) is 5.56. The molecule has 2 atom stereocenters. The number of nitrogens with two attached hydrogens (primary N) is 1. The van der Waals surface area contributed by atoms with Crippen LogP contribution in [-0.4, -0.2) is 6.04 Å². The zero-order valence-electron chi connectivity index (χ0n) is 8.22. The van der Waals surface area contributed by atoms with Gasteiger partial charge in [-0.25, -0.2) is 0 Å². The second-order valence-electron chi connectivity index (χ2n) is 3.70. The fraction of sp³-hybridized carbons (Fsp3) is 1.00. The van der Waals surface area contributed by atoms with Crippen LogP contribution in [0.3, 0.4) is 0 Å². The molecule has 2 nitrogen and oxygen atoms in total. The number of hydrazine groups is 1. The van der Waals surface area contributed by atoms with Crippen LogP contribution in [0.15, 0.2) is 0 Å². The Morgan fingerprint density at radius 2 is 1.82 bits per heavy atom. The molecule has 0 radical (unpaired) electrons. The van der Waals surface area contributed by atoms with Gasteiger partial charge in [-0.15, -0.1) is 0 Å². The highest BCUT2D eigenvalue weighted by Crippen LogP contribution is 2.16. The van der Waals surface area contributed by atoms with Crippen LogP contribution in [0.25, 0.3) is 0 Å². The van der Waals surface area contributed by atoms with Gasteiger partial charge >= 0.3 is 0 Å². The van der Waals surface area contributed by atoms with Crippen LogP contribution in [0.2, 0.25) is 0 Å². The van der Waals surface area contributed by atoms with Crippen molar-refractivity contribution >= 4 is 0 Å². The van der Waals surface area contributed by atoms with Crippen molar-refractivity contribution in [1.82, 2.24) is 5.43 Å². The average Bonchev–Trinajstić information content (AvgIpc) is 1.88. The summed E-state index contributed by atoms with van der Waals surface area (Å²) in [6.45, 7) is 8.88. The predicted molar refractivity (Wildman–Crippen MR) is 50.0 cm³/mol. The predicted octanol–water partition coefficient (Wildman–Crippen LogP) is 1.91. The quantitative estimate of drug-likeness (QED) is 0.474. The van der Waals surface area contributed by atoms with Gasteiger partial charge in [-0.1, -0.05) is 34.1 Å². The van der Waals surface area contributed by atoms with Gasteiger partial charge in [0.1, 0.15) is 0 Å². The van der Waals surface area contributed by atoms with Crippen LogP contribution < -0.4 is 11.3 Å². The average molecular weight is 158 g/mol. The molecule has 0 bridgehead atoms. The molecule has 0 saturated heterocycles. The summed E-state index contributed by atoms with van der Waals surface area (Å²) >= 11 is 0. The largest absolute Gasteiger partial charge is 0.271 e. The van der Waals surface area contributed by atoms with E-state index in [4.69, 9.17) is 5.84 Å². The zero-order chi connectivity index (χ0) is 8.85. The molecule has 3 N–H and O–H groups in total. The van der Waals surface area contributed by atoms with E-state index in [-0.39, 0.29) is 0 Å². The maximum Gasteiger partial charge on any atom is 0.0259 e. The van der Waals surface area contributed by atoms with Crippen molar-refractivity contribution in [1.29, 1.82) is 0 Å². The van der Waals surface area contributed by atoms with Gasteiger partial charge in [-0.2, -0.15) is 0 Å². The fourth-order valence-electron chi connectivity index (χ4n) is 1.65. The molecule has 0 unspecified atom stereocenters. The van der Waals surface area contributed by atoms with E-state index >= 15 is 0 Å². The highest BCUT2D eigenvalue weighted by Gasteiger charge is 2.17. The van der Waals surface area contributed by atoms with Crippen molar-refractivity contribution in [2.24, 2.45) is 17.7 Å². The van der Waals surface area contributed by atoms with Crippen LogP contribution in [0.5, 0.6) is 0 Å². The molecular weight excluding hydrogens is 136 g/mol. The molecule has 0 aromatic rings. The summed E-state index contributed by atoms with van der Waals surface area (Å²) in [5, 5.41) is 0. The van der Waals surface area contributed by atoms with E-state index in [1.165, 1.54) is 12.8 Å². The van der Waals surface area contributed by atoms with Crippen molar-refractivity contribution in [2.75, 3.05) is 0 Å². The Labute approximate surface area is 70.5 Å². The number of nitrogens with one attached hydrogen (secondary N) is 1. The summed E-state index contributed by atoms with van der Waals surface area (Å²) in [5.74, 6) is 6.77. The lowest BCUT2D eigenvalue weighted by Gasteiger charge is -2.26. The lowest BCUT2D eigenvalue weighted by Crippen LogP contribution is -2.43. The van der Waals surface area contributed by atoms with E-state index in [1.807, 2.05) is 0 Å². The van der Waals surface area contributed by atoms with Gasteiger partial charge in [-0.05, 0) is 18.3 Å². The summed E-state index contributed by atoms with van der Waals surface area (Å²) in [4.78, 5) is 0. The molecule has 0 spiro atoms. The van der Waals surface area contributed by atoms with Gasteiger partial charge in [0, 0.05) is 6.04 Å². The standard InChI is InChI=1S/C9H22N2/c1-5-6-8(4)9(11-10)7(2)3/h7-9,11H,5-6,10H2,1-4H3/t8-,9-/m0/s1. The molecule has 0 saturated carbocycles. The van der Waals surface area contributed by atoms with Gasteiger partial charge in [0.2, 0.25) is 0 Å². The molecule has 0 aromatic carbocycles. The highest BCUT2D eigenvalue weighted by atomic mass is 15.2. The lowest BCUT2D eigenvalue weighted by molar-refractivity contribution is 0.287. The van der Waals surface area contributed by atoms with Crippen LogP contribution in [-0.2, 0) is 0 Å². The molecule has 2 heteroatoms. The number of rotatable bonds is 5. The molecule has 0 fully saturated rings. The van der Waals surface area contributed by atoms with Crippen LogP contribution in [0.4, 0.5) is 0 Å². The molecule has 0 aliphatic rings. The van der Waals surface area contributed by atoms with Crippen LogP contribution in [0.1, 0.15) is 40.5 Å². The summed E-state index contributed by atoms with van der Waals surface area (Å²) in [7, 11) is 0. The van der Waals surface area contributed by atoms with E-state index in [0.29, 0.717) is 17.9 Å². The molecule has 0 aliphatic heterocycles. The van der Waals surface area contributed by atoms with Gasteiger partial charge in [0.05, 0.1) is 0 Å². The normalized spacial score (nSPS) is 16.9. The van der Waals surface area contributed by atoms with E-state index in [9.17, 15) is 0 Å². The Balaban J connectivity index is 3.81. The third kappa shape index (κ3) is 3.73. The lowest BCUT2D eigenvalue weighted by atomic mass is 9.89. The first-order valence-electron chi connectivity index (χ1n) is 4.59. The molecule has 0 aliphatic carbocycles. The monoisotopic (exact) mass is 158 g/mol. The number of hydrogen-bond acceptors (Lipinski definition) is 2. The van der Waals surface area contributed by atoms with Crippen molar-refractivity contribution in [3.8, 4) is 0 Å². The highest BCUT2D eigenvalue weighted by molar-refractivity contribution is 4.73. The maximum absolute atomic E-state index is 5.45. The molecule has 0 aromatic heterocycles. The first-order valence-corrected chi connectivity index (χ1v) is 4.59. The topological polar surface area (TPSA) is 38.0 Å². The minimum absolute atomic E-state index is 0.468. The molecule has 11 heavy (non-hydrogen) atoms. The van der Waals surface area contributed by atoms with Crippen molar-refractivity contribution in [3.05, 3.63) is 0 Å². The first-order chi connectivity index (χ1) is 5.13. The first kappa shape index (κ1) is 10.9. The molecule has 68 valence electrons. The molecule has 0 amide bonds. The summed E-state index contributed by atoms with van der Waals surface area (Å²) < 4.78 is 0. The van der Waals surface area contributed by atoms with Crippen molar-refractivity contribution < 1.29 is 0 Å². The SMILES string of the molecule is CCC[C@H](C)[C@@H](NN)C(C)C. The third-order valence-corrected chi connectivity index (χ3v) is 2.27. The fourth-order valence-corrected chi connectivity index (χ4v) is 1.65. The zero-order valence-corrected chi connectivity index (χ0v) is 8.22. The Kier molecular flexibility index (Phi) is 5.51. The molecule has 0 heterocycles. The third-order valence-electron chi connectivity index (χ3n) is 2.27. The Bertz CT molecular complexity index is 91.6. The van der Waals surface area contributed by atoms with Crippen molar-refractivity contribution in [3.63, 3.8) is 0 Å². The minimum atomic E-state index is 0.468. The van der Waals surface area contributed by atoms with E-state index < -0.39 is 0 Å². The van der Waals surface area contributed by atoms with Gasteiger partial charge < -0.3 is 0 Å².